The Bertz CT molecular complexity index is 1680. The van der Waals surface area contributed by atoms with E-state index in [-0.39, 0.29) is 60.8 Å². The average molecular weight is 960 g/mol. The molecule has 2 aromatic heterocycles. The van der Waals surface area contributed by atoms with Gasteiger partial charge in [0.15, 0.2) is 5.78 Å². The molecule has 0 spiro atoms. The Morgan fingerprint density at radius 3 is 1.60 bits per heavy atom. The molecule has 0 unspecified atom stereocenters. The second-order valence-electron chi connectivity index (χ2n) is 13.2. The van der Waals surface area contributed by atoms with Gasteiger partial charge >= 0.3 is 5.97 Å². The van der Waals surface area contributed by atoms with Gasteiger partial charge in [0.05, 0.1) is 19.9 Å². The number of hydrogen-bond donors (Lipinski definition) is 2. The molecule has 0 atom stereocenters. The number of carboxylic acids is 1. The number of halogens is 3. The number of carbonyl (C=O) groups is 2. The normalized spacial score (nSPS) is 10.7. The van der Waals surface area contributed by atoms with Crippen LogP contribution in [0.2, 0.25) is 10.0 Å². The van der Waals surface area contributed by atoms with E-state index in [0.717, 1.165) is 43.7 Å². The van der Waals surface area contributed by atoms with Crippen molar-refractivity contribution < 1.29 is 51.6 Å². The second-order valence-corrected chi connectivity index (χ2v) is 14.0. The Hall–Kier alpha value is -2.41. The SMILES string of the molecule is C.Cc1ccc(CCC(=O)c2cc(C(C)(C)C)nn2C)cc1Cl.Cc1ccc(CN)cc1Cl.Cn1nc(C(C)(C)C)cc1C(=O)O.[2H]CF.[3H][B].[U]. The van der Waals surface area contributed by atoms with E-state index in [9.17, 15) is 14.0 Å². The van der Waals surface area contributed by atoms with Crippen LogP contribution in [0.3, 0.4) is 0 Å². The summed E-state index contributed by atoms with van der Waals surface area (Å²) in [7, 11) is 6.21. The quantitative estimate of drug-likeness (QED) is 0.148. The molecule has 0 aliphatic heterocycles. The molecule has 2 aromatic carbocycles. The molecular formula is C37H55BCl2FN5O3U. The minimum Gasteiger partial charge on any atom is -0.477 e. The fourth-order valence-corrected chi connectivity index (χ4v) is 4.48. The number of carboxylic acid groups (broad SMARTS) is 1. The Balaban J connectivity index is -0.000000685. The Kier molecular flexibility index (Phi) is 22.1. The van der Waals surface area contributed by atoms with E-state index in [1.807, 2.05) is 84.1 Å². The molecule has 274 valence electrons. The van der Waals surface area contributed by atoms with E-state index in [2.05, 4.69) is 39.3 Å². The van der Waals surface area contributed by atoms with Gasteiger partial charge in [-0.3, -0.25) is 18.5 Å². The van der Waals surface area contributed by atoms with Crippen molar-refractivity contribution in [1.29, 1.82) is 1.34 Å². The van der Waals surface area contributed by atoms with E-state index in [1.165, 1.54) is 4.68 Å². The number of carbonyl (C=O) groups excluding carboxylic acids is 1. The van der Waals surface area contributed by atoms with E-state index >= 15 is 0 Å². The molecule has 4 rings (SSSR count). The molecule has 4 aromatic rings. The first-order valence-corrected chi connectivity index (χ1v) is 15.8. The molecule has 0 aliphatic rings. The topological polar surface area (TPSA) is 116 Å². The predicted octanol–water partition coefficient (Wildman–Crippen LogP) is 8.59. The maximum Gasteiger partial charge on any atom is 0.354 e. The van der Waals surface area contributed by atoms with Gasteiger partial charge in [0, 0.05) is 87.4 Å². The van der Waals surface area contributed by atoms with Crippen molar-refractivity contribution in [1.82, 2.24) is 19.6 Å². The number of Topliss-reactive ketones (excluding diaryl/α,β-unsaturated/α-hetero) is 1. The van der Waals surface area contributed by atoms with Crippen molar-refractivity contribution in [3.05, 3.63) is 104 Å². The van der Waals surface area contributed by atoms with Gasteiger partial charge in [0.2, 0.25) is 0 Å². The van der Waals surface area contributed by atoms with E-state index in [1.54, 1.807) is 17.8 Å². The third-order valence-electron chi connectivity index (χ3n) is 7.15. The summed E-state index contributed by atoms with van der Waals surface area (Å²) in [5, 5.41) is 18.9. The Morgan fingerprint density at radius 2 is 1.26 bits per heavy atom. The van der Waals surface area contributed by atoms with E-state index < -0.39 is 13.1 Å². The summed E-state index contributed by atoms with van der Waals surface area (Å²) in [6, 6.07) is 15.3. The van der Waals surface area contributed by atoms with Crippen LogP contribution >= 0.6 is 23.2 Å². The zero-order valence-corrected chi connectivity index (χ0v) is 36.0. The Morgan fingerprint density at radius 1 is 0.880 bits per heavy atom. The summed E-state index contributed by atoms with van der Waals surface area (Å²) in [6.45, 7) is 16.8. The van der Waals surface area contributed by atoms with Crippen molar-refractivity contribution in [2.75, 3.05) is 7.15 Å². The predicted molar refractivity (Wildman–Crippen MR) is 205 cm³/mol. The molecule has 0 bridgehead atoms. The van der Waals surface area contributed by atoms with Crippen LogP contribution in [0.15, 0.2) is 48.5 Å². The van der Waals surface area contributed by atoms with Crippen molar-refractivity contribution in [3.63, 3.8) is 0 Å². The fourth-order valence-electron chi connectivity index (χ4n) is 4.07. The third kappa shape index (κ3) is 16.3. The average Bonchev–Trinajstić information content (AvgIpc) is 3.64. The van der Waals surface area contributed by atoms with Crippen LogP contribution in [0.25, 0.3) is 0 Å². The zero-order valence-electron chi connectivity index (χ0n) is 32.3. The third-order valence-corrected chi connectivity index (χ3v) is 7.96. The maximum absolute atomic E-state index is 12.4. The summed E-state index contributed by atoms with van der Waals surface area (Å²) >= 11 is 12.0. The summed E-state index contributed by atoms with van der Waals surface area (Å²) in [5.41, 5.74) is 12.2. The second kappa shape index (κ2) is 23.2. The van der Waals surface area contributed by atoms with Gasteiger partial charge in [-0.25, -0.2) is 4.79 Å². The summed E-state index contributed by atoms with van der Waals surface area (Å²) in [6.07, 6.45) is 1.15. The van der Waals surface area contributed by atoms with Gasteiger partial charge in [0.1, 0.15) is 11.4 Å². The molecule has 50 heavy (non-hydrogen) atoms. The number of rotatable bonds is 6. The molecule has 13 heteroatoms. The number of nitrogens with zero attached hydrogens (tertiary/aromatic N) is 4. The molecule has 2 radical (unpaired) electrons. The Labute approximate surface area is 337 Å². The van der Waals surface area contributed by atoms with E-state index in [4.69, 9.17) is 36.7 Å². The number of aromatic nitrogens is 4. The number of nitrogens with two attached hydrogens (primary N) is 1. The van der Waals surface area contributed by atoms with Crippen LogP contribution in [0.5, 0.6) is 0 Å². The molecule has 0 aliphatic carbocycles. The van der Waals surface area contributed by atoms with Crippen LogP contribution in [0, 0.1) is 45.0 Å². The van der Waals surface area contributed by atoms with Crippen LogP contribution < -0.4 is 5.73 Å². The molecule has 0 fully saturated rings. The van der Waals surface area contributed by atoms with Crippen molar-refractivity contribution >= 4 is 43.3 Å². The van der Waals surface area contributed by atoms with Crippen molar-refractivity contribution in [2.24, 2.45) is 19.8 Å². The van der Waals surface area contributed by atoms with Crippen LogP contribution in [0.1, 0.15) is 111 Å². The summed E-state index contributed by atoms with van der Waals surface area (Å²) in [4.78, 5) is 23.1. The van der Waals surface area contributed by atoms with Gasteiger partial charge in [-0.1, -0.05) is 96.4 Å². The van der Waals surface area contributed by atoms with Gasteiger partial charge in [0.25, 0.3) is 0 Å². The smallest absolute Gasteiger partial charge is 0.354 e. The fraction of sp³-hybridized carbons (Fsp3) is 0.459. The number of aryl methyl sites for hydroxylation is 5. The zero-order chi connectivity index (χ0) is 39.0. The van der Waals surface area contributed by atoms with Gasteiger partial charge in [-0.05, 0) is 68.1 Å². The molecule has 0 amide bonds. The number of alkyl halides is 1. The van der Waals surface area contributed by atoms with Crippen LogP contribution in [0.4, 0.5) is 4.39 Å². The maximum atomic E-state index is 12.4. The van der Waals surface area contributed by atoms with Crippen molar-refractivity contribution in [2.45, 2.75) is 93.0 Å². The minimum absolute atomic E-state index is 0. The standard InChI is InChI=1S/C18H23ClN2O.C9H14N2O2.C8H10ClN.CH3F.CH4.BH.U/c1-12-6-7-13(10-14(12)19)8-9-16(22)15-11-17(18(2,3)4)20-21(15)5;1-9(2,3)7-5-6(8(12)13)11(4)10-7;1-6-2-3-7(5-10)4-8(6)9;1-2;;;/h6-7,10-11H,8-9H2,1-5H3;5H,1-4H3,(H,12,13);2-4H,5,10H2,1H3;1H3;1H4;1H;/i;;;1D;;1T;. The number of aromatic carboxylic acids is 1. The van der Waals surface area contributed by atoms with Gasteiger partial charge in [-0.15, -0.1) is 0 Å². The molecule has 8 nitrogen and oxygen atoms in total. The van der Waals surface area contributed by atoms with E-state index in [0.29, 0.717) is 25.1 Å². The summed E-state index contributed by atoms with van der Waals surface area (Å²) in [5.74, 6) is -0.826. The molecule has 0 saturated heterocycles. The van der Waals surface area contributed by atoms with Crippen molar-refractivity contribution in [3.8, 4) is 0 Å². The monoisotopic (exact) mass is 958 g/mol. The first kappa shape index (κ1) is 47.6. The molecular weight excluding hydrogens is 901 g/mol. The largest absolute Gasteiger partial charge is 0.477 e. The number of hydrogen-bond acceptors (Lipinski definition) is 5. The minimum atomic E-state index is -1.00. The van der Waals surface area contributed by atoms with Crippen LogP contribution in [-0.2, 0) is 37.9 Å². The van der Waals surface area contributed by atoms with Gasteiger partial charge < -0.3 is 10.8 Å². The first-order valence-electron chi connectivity index (χ1n) is 16.4. The number of benzene rings is 2. The number of ketones is 1. The first-order chi connectivity index (χ1) is 23.2. The molecule has 3 N–H and O–H groups in total. The molecule has 2 heterocycles. The van der Waals surface area contributed by atoms with Crippen LogP contribution in [-0.4, -0.2) is 53.3 Å². The summed E-state index contributed by atoms with van der Waals surface area (Å²) < 4.78 is 23.8. The van der Waals surface area contributed by atoms with Gasteiger partial charge in [-0.2, -0.15) is 10.2 Å². The molecule has 0 saturated carbocycles.